The van der Waals surface area contributed by atoms with Crippen molar-refractivity contribution in [1.29, 1.82) is 0 Å². The van der Waals surface area contributed by atoms with Gasteiger partial charge in [-0.2, -0.15) is 0 Å². The molecule has 1 rings (SSSR count). The molecule has 0 radical (unpaired) electrons. The number of nitrogens with one attached hydrogen (secondary N) is 1. The molecule has 0 saturated carbocycles. The molecule has 0 fully saturated rings. The second-order valence-corrected chi connectivity index (χ2v) is 7.03. The molecule has 1 aromatic carbocycles. The Bertz CT molecular complexity index is 459. The molecule has 1 amide bonds. The van der Waals surface area contributed by atoms with E-state index in [9.17, 15) is 9.90 Å². The van der Waals surface area contributed by atoms with E-state index in [4.69, 9.17) is 16.3 Å². The van der Waals surface area contributed by atoms with E-state index in [1.165, 1.54) is 0 Å². The molecule has 0 aliphatic carbocycles. The van der Waals surface area contributed by atoms with Crippen LogP contribution < -0.4 is 5.32 Å². The smallest absolute Gasteiger partial charge is 0.407 e. The van der Waals surface area contributed by atoms with Crippen molar-refractivity contribution in [1.82, 2.24) is 5.32 Å². The van der Waals surface area contributed by atoms with Crippen molar-refractivity contribution in [3.8, 4) is 0 Å². The molecular formula is C15H21BrClNO3. The van der Waals surface area contributed by atoms with Gasteiger partial charge >= 0.3 is 6.09 Å². The number of alkyl carbamates (subject to hydrolysis) is 1. The fourth-order valence-electron chi connectivity index (χ4n) is 1.72. The number of hydrogen-bond donors (Lipinski definition) is 2. The highest BCUT2D eigenvalue weighted by Gasteiger charge is 2.24. The zero-order valence-corrected chi connectivity index (χ0v) is 14.7. The largest absolute Gasteiger partial charge is 0.444 e. The van der Waals surface area contributed by atoms with Gasteiger partial charge in [0, 0.05) is 4.47 Å². The van der Waals surface area contributed by atoms with Crippen molar-refractivity contribution in [2.75, 3.05) is 5.88 Å². The molecule has 0 heterocycles. The number of aliphatic hydroxyl groups excluding tert-OH is 1. The predicted octanol–water partition coefficient (Wildman–Crippen LogP) is 3.48. The zero-order valence-electron chi connectivity index (χ0n) is 12.4. The summed E-state index contributed by atoms with van der Waals surface area (Å²) in [6.45, 7) is 5.36. The van der Waals surface area contributed by atoms with Gasteiger partial charge in [-0.05, 0) is 44.9 Å². The lowest BCUT2D eigenvalue weighted by molar-refractivity contribution is 0.0440. The van der Waals surface area contributed by atoms with Crippen molar-refractivity contribution < 1.29 is 14.6 Å². The first-order valence-corrected chi connectivity index (χ1v) is 8.02. The minimum atomic E-state index is -0.845. The molecule has 0 aromatic heterocycles. The van der Waals surface area contributed by atoms with E-state index in [1.54, 1.807) is 20.8 Å². The van der Waals surface area contributed by atoms with Crippen LogP contribution >= 0.6 is 27.5 Å². The number of carbonyl (C=O) groups is 1. The Balaban J connectivity index is 2.72. The van der Waals surface area contributed by atoms with Crippen molar-refractivity contribution in [2.24, 2.45) is 0 Å². The topological polar surface area (TPSA) is 58.6 Å². The molecular weight excluding hydrogens is 358 g/mol. The molecule has 0 bridgehead atoms. The summed E-state index contributed by atoms with van der Waals surface area (Å²) in [5.41, 5.74) is 0.404. The van der Waals surface area contributed by atoms with Crippen LogP contribution in [0.3, 0.4) is 0 Å². The van der Waals surface area contributed by atoms with E-state index in [0.29, 0.717) is 6.42 Å². The predicted molar refractivity (Wildman–Crippen MR) is 87.7 cm³/mol. The number of ether oxygens (including phenoxy) is 1. The monoisotopic (exact) mass is 377 g/mol. The highest BCUT2D eigenvalue weighted by Crippen LogP contribution is 2.14. The number of rotatable bonds is 5. The fraction of sp³-hybridized carbons (Fsp3) is 0.533. The van der Waals surface area contributed by atoms with Crippen LogP contribution in [0.2, 0.25) is 0 Å². The third-order valence-electron chi connectivity index (χ3n) is 2.69. The van der Waals surface area contributed by atoms with Gasteiger partial charge in [0.15, 0.2) is 0 Å². The van der Waals surface area contributed by atoms with Gasteiger partial charge in [-0.3, -0.25) is 0 Å². The van der Waals surface area contributed by atoms with Crippen molar-refractivity contribution in [2.45, 2.75) is 44.9 Å². The molecule has 4 nitrogen and oxygen atoms in total. The Morgan fingerprint density at radius 2 is 1.95 bits per heavy atom. The number of halogens is 2. The van der Waals surface area contributed by atoms with Crippen LogP contribution in [0, 0.1) is 0 Å². The average Bonchev–Trinajstić information content (AvgIpc) is 2.37. The maximum Gasteiger partial charge on any atom is 0.407 e. The molecule has 2 N–H and O–H groups in total. The van der Waals surface area contributed by atoms with Crippen molar-refractivity contribution >= 4 is 33.6 Å². The maximum absolute atomic E-state index is 11.8. The van der Waals surface area contributed by atoms with Gasteiger partial charge in [-0.1, -0.05) is 28.1 Å². The number of amides is 1. The van der Waals surface area contributed by atoms with E-state index >= 15 is 0 Å². The molecule has 2 atom stereocenters. The third-order valence-corrected chi connectivity index (χ3v) is 3.54. The summed E-state index contributed by atoms with van der Waals surface area (Å²) >= 11 is 9.07. The minimum Gasteiger partial charge on any atom is -0.444 e. The van der Waals surface area contributed by atoms with Crippen LogP contribution in [0.25, 0.3) is 0 Å². The second kappa shape index (κ2) is 8.01. The Labute approximate surface area is 139 Å². The molecule has 0 unspecified atom stereocenters. The maximum atomic E-state index is 11.8. The lowest BCUT2D eigenvalue weighted by Gasteiger charge is -2.26. The number of carbonyl (C=O) groups excluding carboxylic acids is 1. The van der Waals surface area contributed by atoms with E-state index in [1.807, 2.05) is 24.3 Å². The quantitative estimate of drug-likeness (QED) is 0.771. The average molecular weight is 379 g/mol. The van der Waals surface area contributed by atoms with Gasteiger partial charge in [0.25, 0.3) is 0 Å². The number of hydrogen-bond acceptors (Lipinski definition) is 3. The SMILES string of the molecule is CC(C)(C)OC(=O)N[C@@H](Cc1ccc(Br)cc1)[C@H](O)CCl. The lowest BCUT2D eigenvalue weighted by atomic mass is 10.0. The van der Waals surface area contributed by atoms with Gasteiger partial charge in [0.05, 0.1) is 18.0 Å². The summed E-state index contributed by atoms with van der Waals surface area (Å²) in [4.78, 5) is 11.8. The summed E-state index contributed by atoms with van der Waals surface area (Å²) in [5.74, 6) is 0.0387. The zero-order chi connectivity index (χ0) is 16.0. The van der Waals surface area contributed by atoms with Crippen LogP contribution in [-0.2, 0) is 11.2 Å². The molecule has 21 heavy (non-hydrogen) atoms. The summed E-state index contributed by atoms with van der Waals surface area (Å²) in [6, 6.07) is 7.17. The molecule has 0 saturated heterocycles. The minimum absolute atomic E-state index is 0.0387. The van der Waals surface area contributed by atoms with Gasteiger partial charge in [-0.25, -0.2) is 4.79 Å². The van der Waals surface area contributed by atoms with E-state index in [0.717, 1.165) is 10.0 Å². The van der Waals surface area contributed by atoms with Crippen LogP contribution in [0.4, 0.5) is 4.79 Å². The number of aliphatic hydroxyl groups is 1. The molecule has 0 aliphatic rings. The third kappa shape index (κ3) is 7.16. The van der Waals surface area contributed by atoms with Gasteiger partial charge in [-0.15, -0.1) is 11.6 Å². The highest BCUT2D eigenvalue weighted by molar-refractivity contribution is 9.10. The normalized spacial score (nSPS) is 14.4. The van der Waals surface area contributed by atoms with Crippen LogP contribution in [0.5, 0.6) is 0 Å². The lowest BCUT2D eigenvalue weighted by Crippen LogP contribution is -2.47. The van der Waals surface area contributed by atoms with Crippen molar-refractivity contribution in [3.63, 3.8) is 0 Å². The van der Waals surface area contributed by atoms with E-state index in [2.05, 4.69) is 21.2 Å². The Morgan fingerprint density at radius 1 is 1.38 bits per heavy atom. The standard InChI is InChI=1S/C15H21BrClNO3/c1-15(2,3)21-14(20)18-12(13(19)9-17)8-10-4-6-11(16)7-5-10/h4-7,12-13,19H,8-9H2,1-3H3,(H,18,20)/t12-,13+/m0/s1. The van der Waals surface area contributed by atoms with Gasteiger partial charge in [0.1, 0.15) is 5.60 Å². The van der Waals surface area contributed by atoms with Crippen LogP contribution in [-0.4, -0.2) is 34.8 Å². The van der Waals surface area contributed by atoms with E-state index in [-0.39, 0.29) is 5.88 Å². The molecule has 6 heteroatoms. The second-order valence-electron chi connectivity index (χ2n) is 5.80. The molecule has 0 aliphatic heterocycles. The molecule has 0 spiro atoms. The molecule has 118 valence electrons. The van der Waals surface area contributed by atoms with Crippen molar-refractivity contribution in [3.05, 3.63) is 34.3 Å². The van der Waals surface area contributed by atoms with E-state index < -0.39 is 23.8 Å². The highest BCUT2D eigenvalue weighted by atomic mass is 79.9. The number of benzene rings is 1. The van der Waals surface area contributed by atoms with Gasteiger partial charge < -0.3 is 15.2 Å². The molecule has 1 aromatic rings. The summed E-state index contributed by atoms with van der Waals surface area (Å²) in [7, 11) is 0. The van der Waals surface area contributed by atoms with Crippen LogP contribution in [0.15, 0.2) is 28.7 Å². The first-order chi connectivity index (χ1) is 9.71. The van der Waals surface area contributed by atoms with Crippen LogP contribution in [0.1, 0.15) is 26.3 Å². The summed E-state index contributed by atoms with van der Waals surface area (Å²) < 4.78 is 6.18. The number of alkyl halides is 1. The Hall–Kier alpha value is -0.780. The fourth-order valence-corrected chi connectivity index (χ4v) is 2.20. The Kier molecular flexibility index (Phi) is 6.97. The summed E-state index contributed by atoms with van der Waals surface area (Å²) in [5, 5.41) is 12.6. The first-order valence-electron chi connectivity index (χ1n) is 6.69. The first kappa shape index (κ1) is 18.3. The summed E-state index contributed by atoms with van der Waals surface area (Å²) in [6.07, 6.45) is -0.933. The van der Waals surface area contributed by atoms with Gasteiger partial charge in [0.2, 0.25) is 0 Å². The Morgan fingerprint density at radius 3 is 2.43 bits per heavy atom.